The molecule has 0 saturated heterocycles. The molecule has 1 aromatic carbocycles. The standard InChI is InChI=1S/C17H17N5O/c1-10-2-3-14-13(8-10)16(22-21-14)12-9-15(18-6-7-23)20-17-11(12)4-5-19-17/h2-5,8-9,23H,6-7H2,1H3,(H,21,22)(H2,18,19,20). The number of hydrogen-bond donors (Lipinski definition) is 4. The van der Waals surface area contributed by atoms with Gasteiger partial charge in [-0.05, 0) is 31.2 Å². The van der Waals surface area contributed by atoms with Gasteiger partial charge in [-0.2, -0.15) is 5.10 Å². The number of nitrogens with zero attached hydrogens (tertiary/aromatic N) is 2. The average molecular weight is 307 g/mol. The van der Waals surface area contributed by atoms with Gasteiger partial charge in [0.1, 0.15) is 17.2 Å². The van der Waals surface area contributed by atoms with Crippen molar-refractivity contribution in [2.75, 3.05) is 18.5 Å². The Morgan fingerprint density at radius 1 is 1.17 bits per heavy atom. The first-order valence-corrected chi connectivity index (χ1v) is 7.54. The van der Waals surface area contributed by atoms with E-state index in [-0.39, 0.29) is 6.61 Å². The SMILES string of the molecule is Cc1ccc2[nH]nc(-c3cc(NCCO)nc4[nH]ccc34)c2c1. The molecule has 4 rings (SSSR count). The Morgan fingerprint density at radius 2 is 2.09 bits per heavy atom. The first kappa shape index (κ1) is 13.8. The maximum absolute atomic E-state index is 9.01. The first-order valence-electron chi connectivity index (χ1n) is 7.54. The number of anilines is 1. The smallest absolute Gasteiger partial charge is 0.140 e. The predicted octanol–water partition coefficient (Wildman–Crippen LogP) is 2.82. The number of aryl methyl sites for hydroxylation is 1. The van der Waals surface area contributed by atoms with Crippen LogP contribution in [0.1, 0.15) is 5.56 Å². The largest absolute Gasteiger partial charge is 0.395 e. The molecule has 0 unspecified atom stereocenters. The van der Waals surface area contributed by atoms with Crippen molar-refractivity contribution in [1.82, 2.24) is 20.2 Å². The normalized spacial score (nSPS) is 11.4. The fraction of sp³-hybridized carbons (Fsp3) is 0.176. The van der Waals surface area contributed by atoms with Gasteiger partial charge >= 0.3 is 0 Å². The van der Waals surface area contributed by atoms with Crippen LogP contribution in [0.4, 0.5) is 5.82 Å². The van der Waals surface area contributed by atoms with Crippen molar-refractivity contribution < 1.29 is 5.11 Å². The molecule has 4 N–H and O–H groups in total. The van der Waals surface area contributed by atoms with E-state index in [1.165, 1.54) is 5.56 Å². The number of aromatic nitrogens is 4. The van der Waals surface area contributed by atoms with Gasteiger partial charge in [0.05, 0.1) is 12.1 Å². The Hall–Kier alpha value is -2.86. The summed E-state index contributed by atoms with van der Waals surface area (Å²) < 4.78 is 0. The lowest BCUT2D eigenvalue weighted by atomic mass is 10.0. The average Bonchev–Trinajstić information content (AvgIpc) is 3.18. The van der Waals surface area contributed by atoms with Crippen LogP contribution in [-0.4, -0.2) is 38.4 Å². The van der Waals surface area contributed by atoms with Crippen LogP contribution in [0.25, 0.3) is 33.2 Å². The summed E-state index contributed by atoms with van der Waals surface area (Å²) in [5, 5.41) is 21.8. The molecule has 0 aliphatic carbocycles. The number of rotatable bonds is 4. The van der Waals surface area contributed by atoms with Gasteiger partial charge in [0, 0.05) is 29.1 Å². The number of aromatic amines is 2. The lowest BCUT2D eigenvalue weighted by molar-refractivity contribution is 0.311. The van der Waals surface area contributed by atoms with E-state index in [1.807, 2.05) is 24.4 Å². The number of aliphatic hydroxyl groups is 1. The molecule has 0 fully saturated rings. The molecule has 0 aliphatic rings. The molecule has 0 saturated carbocycles. The minimum absolute atomic E-state index is 0.0598. The second-order valence-electron chi connectivity index (χ2n) is 5.57. The molecular formula is C17H17N5O. The van der Waals surface area contributed by atoms with Crippen molar-refractivity contribution in [3.63, 3.8) is 0 Å². The quantitative estimate of drug-likeness (QED) is 0.467. The first-order chi connectivity index (χ1) is 11.3. The number of pyridine rings is 1. The third-order valence-corrected chi connectivity index (χ3v) is 3.92. The Morgan fingerprint density at radius 3 is 2.96 bits per heavy atom. The van der Waals surface area contributed by atoms with Crippen LogP contribution >= 0.6 is 0 Å². The van der Waals surface area contributed by atoms with Crippen LogP contribution in [0.5, 0.6) is 0 Å². The summed E-state index contributed by atoms with van der Waals surface area (Å²) in [6, 6.07) is 10.2. The molecule has 0 radical (unpaired) electrons. The summed E-state index contributed by atoms with van der Waals surface area (Å²) in [5.74, 6) is 0.716. The van der Waals surface area contributed by atoms with Crippen LogP contribution in [0.2, 0.25) is 0 Å². The highest BCUT2D eigenvalue weighted by Crippen LogP contribution is 2.33. The minimum Gasteiger partial charge on any atom is -0.395 e. The van der Waals surface area contributed by atoms with Crippen LogP contribution in [-0.2, 0) is 0 Å². The zero-order valence-corrected chi connectivity index (χ0v) is 12.7. The molecule has 0 aliphatic heterocycles. The maximum atomic E-state index is 9.01. The number of fused-ring (bicyclic) bond motifs is 2. The van der Waals surface area contributed by atoms with Crippen molar-refractivity contribution in [3.8, 4) is 11.3 Å². The number of hydrogen-bond acceptors (Lipinski definition) is 4. The molecule has 0 atom stereocenters. The van der Waals surface area contributed by atoms with E-state index in [2.05, 4.69) is 44.5 Å². The van der Waals surface area contributed by atoms with E-state index >= 15 is 0 Å². The number of nitrogens with one attached hydrogen (secondary N) is 3. The molecule has 4 aromatic rings. The summed E-state index contributed by atoms with van der Waals surface area (Å²) in [6.07, 6.45) is 1.87. The Bertz CT molecular complexity index is 985. The monoisotopic (exact) mass is 307 g/mol. The van der Waals surface area contributed by atoms with Gasteiger partial charge in [0.15, 0.2) is 0 Å². The van der Waals surface area contributed by atoms with E-state index in [0.29, 0.717) is 12.4 Å². The lowest BCUT2D eigenvalue weighted by Gasteiger charge is -2.07. The van der Waals surface area contributed by atoms with E-state index in [9.17, 15) is 0 Å². The maximum Gasteiger partial charge on any atom is 0.140 e. The zero-order chi connectivity index (χ0) is 15.8. The number of benzene rings is 1. The van der Waals surface area contributed by atoms with E-state index in [0.717, 1.165) is 33.2 Å². The fourth-order valence-electron chi connectivity index (χ4n) is 2.84. The number of aliphatic hydroxyl groups excluding tert-OH is 1. The molecule has 6 heteroatoms. The molecule has 6 nitrogen and oxygen atoms in total. The molecular weight excluding hydrogens is 290 g/mol. The zero-order valence-electron chi connectivity index (χ0n) is 12.7. The van der Waals surface area contributed by atoms with Crippen LogP contribution in [0.3, 0.4) is 0 Å². The second kappa shape index (κ2) is 5.40. The number of H-pyrrole nitrogens is 2. The summed E-state index contributed by atoms with van der Waals surface area (Å²) in [7, 11) is 0. The second-order valence-corrected chi connectivity index (χ2v) is 5.57. The van der Waals surface area contributed by atoms with Gasteiger partial charge in [-0.25, -0.2) is 4.98 Å². The lowest BCUT2D eigenvalue weighted by Crippen LogP contribution is -2.07. The van der Waals surface area contributed by atoms with Crippen LogP contribution in [0, 0.1) is 6.92 Å². The summed E-state index contributed by atoms with van der Waals surface area (Å²) >= 11 is 0. The Balaban J connectivity index is 1.95. The van der Waals surface area contributed by atoms with Gasteiger partial charge in [0.25, 0.3) is 0 Å². The minimum atomic E-state index is 0.0598. The van der Waals surface area contributed by atoms with Crippen LogP contribution in [0.15, 0.2) is 36.5 Å². The predicted molar refractivity (Wildman–Crippen MR) is 91.5 cm³/mol. The third-order valence-electron chi connectivity index (χ3n) is 3.92. The van der Waals surface area contributed by atoms with Crippen molar-refractivity contribution in [1.29, 1.82) is 0 Å². The molecule has 0 amide bonds. The summed E-state index contributed by atoms with van der Waals surface area (Å²) in [6.45, 7) is 2.59. The molecule has 0 spiro atoms. The van der Waals surface area contributed by atoms with Crippen molar-refractivity contribution in [2.45, 2.75) is 6.92 Å². The summed E-state index contributed by atoms with van der Waals surface area (Å²) in [5.41, 5.74) is 4.91. The van der Waals surface area contributed by atoms with Gasteiger partial charge in [-0.1, -0.05) is 11.6 Å². The topological polar surface area (TPSA) is 89.6 Å². The molecule has 3 aromatic heterocycles. The van der Waals surface area contributed by atoms with E-state index in [4.69, 9.17) is 5.11 Å². The van der Waals surface area contributed by atoms with Gasteiger partial charge in [-0.3, -0.25) is 5.10 Å². The Labute approximate surface area is 132 Å². The van der Waals surface area contributed by atoms with Gasteiger partial charge < -0.3 is 15.4 Å². The molecule has 116 valence electrons. The van der Waals surface area contributed by atoms with Crippen molar-refractivity contribution >= 4 is 27.8 Å². The highest BCUT2D eigenvalue weighted by atomic mass is 16.3. The molecule has 0 bridgehead atoms. The Kier molecular flexibility index (Phi) is 3.24. The molecule has 23 heavy (non-hydrogen) atoms. The van der Waals surface area contributed by atoms with Gasteiger partial charge in [-0.15, -0.1) is 0 Å². The fourth-order valence-corrected chi connectivity index (χ4v) is 2.84. The van der Waals surface area contributed by atoms with E-state index in [1.54, 1.807) is 0 Å². The highest BCUT2D eigenvalue weighted by molar-refractivity contribution is 6.02. The molecule has 3 heterocycles. The van der Waals surface area contributed by atoms with Crippen molar-refractivity contribution in [3.05, 3.63) is 42.1 Å². The highest BCUT2D eigenvalue weighted by Gasteiger charge is 2.14. The van der Waals surface area contributed by atoms with E-state index < -0.39 is 0 Å². The van der Waals surface area contributed by atoms with Gasteiger partial charge in [0.2, 0.25) is 0 Å². The summed E-state index contributed by atoms with van der Waals surface area (Å²) in [4.78, 5) is 7.67. The van der Waals surface area contributed by atoms with Crippen LogP contribution < -0.4 is 5.32 Å². The third kappa shape index (κ3) is 2.33. The van der Waals surface area contributed by atoms with Crippen molar-refractivity contribution in [2.24, 2.45) is 0 Å².